The number of aliphatic carboxylic acids is 1. The van der Waals surface area contributed by atoms with Gasteiger partial charge >= 0.3 is 5.97 Å². The second kappa shape index (κ2) is 10.4. The van der Waals surface area contributed by atoms with Crippen molar-refractivity contribution < 1.29 is 9.90 Å². The van der Waals surface area contributed by atoms with Crippen LogP contribution in [0.2, 0.25) is 5.02 Å². The summed E-state index contributed by atoms with van der Waals surface area (Å²) in [6.45, 7) is 2.06. The van der Waals surface area contributed by atoms with Crippen LogP contribution in [0.25, 0.3) is 0 Å². The molecule has 0 amide bonds. The number of aliphatic imine (C=N–C) groups is 2. The van der Waals surface area contributed by atoms with Gasteiger partial charge in [-0.05, 0) is 56.2 Å². The summed E-state index contributed by atoms with van der Waals surface area (Å²) in [7, 11) is 0. The van der Waals surface area contributed by atoms with Crippen LogP contribution in [0.3, 0.4) is 0 Å². The largest absolute Gasteiger partial charge is 0.481 e. The molecule has 1 N–H and O–H groups in total. The fraction of sp³-hybridized carbons (Fsp3) is 0.348. The lowest BCUT2D eigenvalue weighted by molar-refractivity contribution is -0.133. The summed E-state index contributed by atoms with van der Waals surface area (Å²) in [4.78, 5) is 23.3. The highest BCUT2D eigenvalue weighted by molar-refractivity contribution is 14.0. The maximum absolute atomic E-state index is 11.3. The zero-order valence-electron chi connectivity index (χ0n) is 17.3. The van der Waals surface area contributed by atoms with Crippen LogP contribution in [0.5, 0.6) is 0 Å². The molecule has 1 aliphatic heterocycles. The summed E-state index contributed by atoms with van der Waals surface area (Å²) in [6.07, 6.45) is 5.25. The fourth-order valence-corrected chi connectivity index (χ4v) is 5.09. The van der Waals surface area contributed by atoms with E-state index in [0.717, 1.165) is 42.9 Å². The first kappa shape index (κ1) is 24.1. The van der Waals surface area contributed by atoms with Crippen LogP contribution in [0.15, 0.2) is 58.5 Å². The Morgan fingerprint density at radius 2 is 1.77 bits per heavy atom. The molecule has 0 saturated heterocycles. The third-order valence-corrected chi connectivity index (χ3v) is 6.77. The molecule has 5 nitrogen and oxygen atoms in total. The first-order valence-corrected chi connectivity index (χ1v) is 11.5. The molecule has 8 heteroatoms. The van der Waals surface area contributed by atoms with Crippen LogP contribution < -0.4 is 4.90 Å². The normalized spacial score (nSPS) is 18.7. The van der Waals surface area contributed by atoms with Crippen molar-refractivity contribution in [2.75, 3.05) is 10.7 Å². The minimum absolute atomic E-state index is 0. The maximum Gasteiger partial charge on any atom is 0.313 e. The Kier molecular flexibility index (Phi) is 8.04. The summed E-state index contributed by atoms with van der Waals surface area (Å²) in [5.41, 5.74) is 2.66. The van der Waals surface area contributed by atoms with Crippen molar-refractivity contribution in [1.29, 1.82) is 0 Å². The predicted molar refractivity (Wildman–Crippen MR) is 141 cm³/mol. The number of anilines is 1. The van der Waals surface area contributed by atoms with Crippen molar-refractivity contribution in [3.05, 3.63) is 59.1 Å². The molecular weight excluding hydrogens is 545 g/mol. The van der Waals surface area contributed by atoms with Crippen molar-refractivity contribution in [1.82, 2.24) is 0 Å². The molecule has 0 radical (unpaired) electrons. The van der Waals surface area contributed by atoms with Crippen LogP contribution in [0, 0.1) is 6.92 Å². The molecule has 4 rings (SSSR count). The van der Waals surface area contributed by atoms with E-state index >= 15 is 0 Å². The molecule has 2 aromatic carbocycles. The summed E-state index contributed by atoms with van der Waals surface area (Å²) in [6, 6.07) is 15.8. The van der Waals surface area contributed by atoms with Gasteiger partial charge in [-0.1, -0.05) is 60.3 Å². The van der Waals surface area contributed by atoms with Gasteiger partial charge in [0.25, 0.3) is 0 Å². The molecule has 1 saturated carbocycles. The van der Waals surface area contributed by atoms with Gasteiger partial charge in [-0.15, -0.1) is 24.0 Å². The number of carboxylic acid groups (broad SMARTS) is 1. The molecule has 0 aromatic heterocycles. The lowest BCUT2D eigenvalue weighted by Gasteiger charge is -2.42. The smallest absolute Gasteiger partial charge is 0.313 e. The Bertz CT molecular complexity index is 987. The Labute approximate surface area is 209 Å². The molecule has 0 bridgehead atoms. The standard InChI is InChI=1S/C23H24ClN3O2S.HI/c1-16-5-11-19(12-6-16)27-22(30-15-20(28)29)26-21(23(27)13-3-2-4-14-23)25-18-9-7-17(24)8-10-18;/h5-12H,2-4,13-15H2,1H3,(H,28,29);1H. The number of rotatable bonds is 4. The van der Waals surface area contributed by atoms with Crippen LogP contribution in [-0.4, -0.2) is 33.4 Å². The molecule has 1 spiro atoms. The molecule has 2 aromatic rings. The maximum atomic E-state index is 11.3. The Morgan fingerprint density at radius 1 is 1.13 bits per heavy atom. The highest BCUT2D eigenvalue weighted by Crippen LogP contribution is 2.44. The number of halogens is 2. The van der Waals surface area contributed by atoms with Crippen molar-refractivity contribution in [3.8, 4) is 0 Å². The highest BCUT2D eigenvalue weighted by atomic mass is 127. The number of amidine groups is 2. The van der Waals surface area contributed by atoms with E-state index < -0.39 is 5.97 Å². The molecule has 0 unspecified atom stereocenters. The Balaban J connectivity index is 0.00000272. The van der Waals surface area contributed by atoms with Gasteiger partial charge in [0.05, 0.1) is 11.4 Å². The number of aryl methyl sites for hydroxylation is 1. The zero-order chi connectivity index (χ0) is 21.1. The lowest BCUT2D eigenvalue weighted by atomic mass is 9.79. The number of carbonyl (C=O) groups is 1. The topological polar surface area (TPSA) is 65.3 Å². The second-order valence-corrected chi connectivity index (χ2v) is 9.13. The van der Waals surface area contributed by atoms with E-state index in [-0.39, 0.29) is 35.3 Å². The average molecular weight is 570 g/mol. The van der Waals surface area contributed by atoms with Crippen LogP contribution >= 0.6 is 47.3 Å². The molecule has 1 aliphatic carbocycles. The number of carboxylic acids is 1. The average Bonchev–Trinajstić information content (AvgIpc) is 3.02. The molecule has 1 heterocycles. The van der Waals surface area contributed by atoms with E-state index in [0.29, 0.717) is 10.2 Å². The van der Waals surface area contributed by atoms with E-state index in [1.807, 2.05) is 24.3 Å². The lowest BCUT2D eigenvalue weighted by Crippen LogP contribution is -2.52. The first-order valence-electron chi connectivity index (χ1n) is 10.1. The molecule has 164 valence electrons. The monoisotopic (exact) mass is 569 g/mol. The Morgan fingerprint density at radius 3 is 2.39 bits per heavy atom. The summed E-state index contributed by atoms with van der Waals surface area (Å²) in [5, 5.41) is 10.6. The van der Waals surface area contributed by atoms with Gasteiger partial charge in [-0.25, -0.2) is 9.98 Å². The third kappa shape index (κ3) is 5.26. The summed E-state index contributed by atoms with van der Waals surface area (Å²) >= 11 is 7.30. The van der Waals surface area contributed by atoms with E-state index in [2.05, 4.69) is 36.1 Å². The van der Waals surface area contributed by atoms with Gasteiger partial charge in [0.1, 0.15) is 5.54 Å². The van der Waals surface area contributed by atoms with Gasteiger partial charge in [0, 0.05) is 10.7 Å². The summed E-state index contributed by atoms with van der Waals surface area (Å²) < 4.78 is 0. The fourth-order valence-electron chi connectivity index (χ4n) is 4.15. The Hall–Kier alpha value is -1.58. The molecule has 2 aliphatic rings. The van der Waals surface area contributed by atoms with E-state index in [9.17, 15) is 9.90 Å². The van der Waals surface area contributed by atoms with E-state index in [4.69, 9.17) is 21.6 Å². The van der Waals surface area contributed by atoms with Gasteiger partial charge in [0.2, 0.25) is 0 Å². The number of thioether (sulfide) groups is 1. The van der Waals surface area contributed by atoms with Crippen molar-refractivity contribution in [3.63, 3.8) is 0 Å². The van der Waals surface area contributed by atoms with Crippen LogP contribution in [0.1, 0.15) is 37.7 Å². The van der Waals surface area contributed by atoms with Crippen molar-refractivity contribution >= 4 is 75.7 Å². The SMILES string of the molecule is Cc1ccc(N2C(SCC(=O)O)=NC(=Nc3ccc(Cl)cc3)C23CCCCC3)cc1.I. The highest BCUT2D eigenvalue weighted by Gasteiger charge is 2.49. The van der Waals surface area contributed by atoms with Gasteiger partial charge in [0.15, 0.2) is 11.0 Å². The number of hydrogen-bond donors (Lipinski definition) is 1. The van der Waals surface area contributed by atoms with Gasteiger partial charge in [-0.2, -0.15) is 0 Å². The van der Waals surface area contributed by atoms with Crippen LogP contribution in [0.4, 0.5) is 11.4 Å². The first-order chi connectivity index (χ1) is 14.5. The molecule has 0 atom stereocenters. The minimum atomic E-state index is -0.854. The van der Waals surface area contributed by atoms with Gasteiger partial charge in [-0.3, -0.25) is 4.79 Å². The predicted octanol–water partition coefficient (Wildman–Crippen LogP) is 6.69. The quantitative estimate of drug-likeness (QED) is 0.417. The molecular formula is C23H25ClIN3O2S. The van der Waals surface area contributed by atoms with Gasteiger partial charge < -0.3 is 10.0 Å². The number of hydrogen-bond acceptors (Lipinski definition) is 4. The number of nitrogens with zero attached hydrogens (tertiary/aromatic N) is 3. The zero-order valence-corrected chi connectivity index (χ0v) is 21.2. The van der Waals surface area contributed by atoms with Crippen LogP contribution in [-0.2, 0) is 4.79 Å². The summed E-state index contributed by atoms with van der Waals surface area (Å²) in [5.74, 6) is -0.129. The number of benzene rings is 2. The van der Waals surface area contributed by atoms with Crippen molar-refractivity contribution in [2.45, 2.75) is 44.6 Å². The minimum Gasteiger partial charge on any atom is -0.481 e. The van der Waals surface area contributed by atoms with E-state index in [1.165, 1.54) is 23.7 Å². The molecule has 31 heavy (non-hydrogen) atoms. The molecule has 1 fully saturated rings. The van der Waals surface area contributed by atoms with Crippen molar-refractivity contribution in [2.24, 2.45) is 9.98 Å². The third-order valence-electron chi connectivity index (χ3n) is 5.60. The second-order valence-electron chi connectivity index (χ2n) is 7.75. The van der Waals surface area contributed by atoms with E-state index in [1.54, 1.807) is 0 Å².